The lowest BCUT2D eigenvalue weighted by Gasteiger charge is -2.09. The third-order valence-corrected chi connectivity index (χ3v) is 2.23. The van der Waals surface area contributed by atoms with Crippen molar-refractivity contribution in [2.75, 3.05) is 0 Å². The summed E-state index contributed by atoms with van der Waals surface area (Å²) >= 11 is 0. The molecular weight excluding hydrogens is 242 g/mol. The molecule has 0 aliphatic heterocycles. The van der Waals surface area contributed by atoms with Gasteiger partial charge in [-0.2, -0.15) is 0 Å². The Morgan fingerprint density at radius 3 is 2.50 bits per heavy atom. The molecule has 0 aliphatic carbocycles. The summed E-state index contributed by atoms with van der Waals surface area (Å²) in [5.74, 6) is -3.04. The number of ether oxygens (including phenoxy) is 1. The van der Waals surface area contributed by atoms with Gasteiger partial charge < -0.3 is 9.84 Å². The number of hydrogen-bond acceptors (Lipinski definition) is 2. The first-order chi connectivity index (χ1) is 8.58. The van der Waals surface area contributed by atoms with Crippen LogP contribution >= 0.6 is 0 Å². The van der Waals surface area contributed by atoms with E-state index in [9.17, 15) is 13.6 Å². The van der Waals surface area contributed by atoms with Crippen LogP contribution in [0.25, 0.3) is 0 Å². The highest BCUT2D eigenvalue weighted by Gasteiger charge is 2.13. The highest BCUT2D eigenvalue weighted by Crippen LogP contribution is 2.27. The molecule has 2 aromatic carbocycles. The average Bonchev–Trinajstić information content (AvgIpc) is 2.34. The number of rotatable bonds is 3. The van der Waals surface area contributed by atoms with E-state index in [0.29, 0.717) is 0 Å². The van der Waals surface area contributed by atoms with E-state index in [4.69, 9.17) is 9.84 Å². The van der Waals surface area contributed by atoms with E-state index < -0.39 is 17.6 Å². The van der Waals surface area contributed by atoms with Crippen molar-refractivity contribution in [1.82, 2.24) is 0 Å². The van der Waals surface area contributed by atoms with E-state index in [1.807, 2.05) is 0 Å². The Hall–Kier alpha value is -2.43. The zero-order valence-corrected chi connectivity index (χ0v) is 9.06. The van der Waals surface area contributed by atoms with Crippen LogP contribution in [0.3, 0.4) is 0 Å². The highest BCUT2D eigenvalue weighted by atomic mass is 19.1. The SMILES string of the molecule is O=C(O)c1ccccc1Oc1cc(F)ccc1F. The lowest BCUT2D eigenvalue weighted by molar-refractivity contribution is 0.0694. The maximum absolute atomic E-state index is 13.3. The number of carboxylic acid groups (broad SMARTS) is 1. The summed E-state index contributed by atoms with van der Waals surface area (Å²) in [7, 11) is 0. The van der Waals surface area contributed by atoms with Gasteiger partial charge >= 0.3 is 5.97 Å². The molecule has 92 valence electrons. The van der Waals surface area contributed by atoms with Crippen LogP contribution < -0.4 is 4.74 Å². The molecule has 5 heteroatoms. The monoisotopic (exact) mass is 250 g/mol. The Balaban J connectivity index is 2.40. The largest absolute Gasteiger partial charge is 0.478 e. The molecule has 18 heavy (non-hydrogen) atoms. The summed E-state index contributed by atoms with van der Waals surface area (Å²) in [4.78, 5) is 10.9. The number of halogens is 2. The minimum atomic E-state index is -1.21. The maximum atomic E-state index is 13.3. The van der Waals surface area contributed by atoms with Gasteiger partial charge in [-0.25, -0.2) is 13.6 Å². The predicted molar refractivity (Wildman–Crippen MR) is 59.8 cm³/mol. The molecule has 2 rings (SSSR count). The van der Waals surface area contributed by atoms with Gasteiger partial charge in [-0.05, 0) is 24.3 Å². The van der Waals surface area contributed by atoms with Crippen LogP contribution in [0.15, 0.2) is 42.5 Å². The molecule has 1 N–H and O–H groups in total. The van der Waals surface area contributed by atoms with Gasteiger partial charge in [0.1, 0.15) is 17.1 Å². The van der Waals surface area contributed by atoms with Crippen molar-refractivity contribution in [2.45, 2.75) is 0 Å². The van der Waals surface area contributed by atoms with Crippen molar-refractivity contribution in [2.24, 2.45) is 0 Å². The topological polar surface area (TPSA) is 46.5 Å². The van der Waals surface area contributed by atoms with Crippen molar-refractivity contribution in [1.29, 1.82) is 0 Å². The molecule has 0 radical (unpaired) electrons. The van der Waals surface area contributed by atoms with Crippen LogP contribution in [0.4, 0.5) is 8.78 Å². The second kappa shape index (κ2) is 4.83. The molecule has 0 amide bonds. The zero-order chi connectivity index (χ0) is 13.1. The van der Waals surface area contributed by atoms with Gasteiger partial charge in [0, 0.05) is 6.07 Å². The van der Waals surface area contributed by atoms with Gasteiger partial charge in [0.25, 0.3) is 0 Å². The van der Waals surface area contributed by atoms with E-state index >= 15 is 0 Å². The summed E-state index contributed by atoms with van der Waals surface area (Å²) in [6.45, 7) is 0. The number of hydrogen-bond donors (Lipinski definition) is 1. The number of aromatic carboxylic acids is 1. The first-order valence-corrected chi connectivity index (χ1v) is 5.03. The molecule has 0 aromatic heterocycles. The summed E-state index contributed by atoms with van der Waals surface area (Å²) < 4.78 is 31.4. The minimum Gasteiger partial charge on any atom is -0.478 e. The Kier molecular flexibility index (Phi) is 3.23. The number of benzene rings is 2. The molecule has 0 unspecified atom stereocenters. The van der Waals surface area contributed by atoms with Crippen LogP contribution in [0.2, 0.25) is 0 Å². The fourth-order valence-electron chi connectivity index (χ4n) is 1.41. The number of carboxylic acids is 1. The second-order valence-corrected chi connectivity index (χ2v) is 3.48. The average molecular weight is 250 g/mol. The van der Waals surface area contributed by atoms with Gasteiger partial charge in [-0.1, -0.05) is 12.1 Å². The maximum Gasteiger partial charge on any atom is 0.339 e. The summed E-state index contributed by atoms with van der Waals surface area (Å²) in [6.07, 6.45) is 0. The van der Waals surface area contributed by atoms with Crippen molar-refractivity contribution < 1.29 is 23.4 Å². The summed E-state index contributed by atoms with van der Waals surface area (Å²) in [5.41, 5.74) is -0.124. The smallest absolute Gasteiger partial charge is 0.339 e. The first kappa shape index (κ1) is 12.0. The standard InChI is InChI=1S/C13H8F2O3/c14-8-5-6-10(15)12(7-8)18-11-4-2-1-3-9(11)13(16)17/h1-7H,(H,16,17). The van der Waals surface area contributed by atoms with Gasteiger partial charge in [0.05, 0.1) is 0 Å². The van der Waals surface area contributed by atoms with Crippen LogP contribution in [-0.4, -0.2) is 11.1 Å². The molecule has 0 spiro atoms. The zero-order valence-electron chi connectivity index (χ0n) is 9.06. The fraction of sp³-hybridized carbons (Fsp3) is 0. The Labute approximate surface area is 101 Å². The van der Waals surface area contributed by atoms with Gasteiger partial charge in [0.15, 0.2) is 11.6 Å². The molecule has 0 fully saturated rings. The molecule has 0 bridgehead atoms. The van der Waals surface area contributed by atoms with E-state index in [1.165, 1.54) is 18.2 Å². The Morgan fingerprint density at radius 1 is 1.06 bits per heavy atom. The normalized spacial score (nSPS) is 10.1. The lowest BCUT2D eigenvalue weighted by Crippen LogP contribution is -2.00. The van der Waals surface area contributed by atoms with E-state index in [-0.39, 0.29) is 17.1 Å². The summed E-state index contributed by atoms with van der Waals surface area (Å²) in [6, 6.07) is 8.45. The molecule has 0 aliphatic rings. The van der Waals surface area contributed by atoms with E-state index in [2.05, 4.69) is 0 Å². The van der Waals surface area contributed by atoms with E-state index in [0.717, 1.165) is 18.2 Å². The van der Waals surface area contributed by atoms with Crippen LogP contribution in [0.5, 0.6) is 11.5 Å². The quantitative estimate of drug-likeness (QED) is 0.907. The molecule has 0 saturated heterocycles. The highest BCUT2D eigenvalue weighted by molar-refractivity contribution is 5.90. The van der Waals surface area contributed by atoms with Gasteiger partial charge in [-0.15, -0.1) is 0 Å². The predicted octanol–water partition coefficient (Wildman–Crippen LogP) is 3.46. The van der Waals surface area contributed by atoms with E-state index in [1.54, 1.807) is 6.07 Å². The van der Waals surface area contributed by atoms with Crippen LogP contribution in [-0.2, 0) is 0 Å². The third kappa shape index (κ3) is 2.45. The fourth-order valence-corrected chi connectivity index (χ4v) is 1.41. The number of para-hydroxylation sites is 1. The Bertz CT molecular complexity index is 597. The molecular formula is C13H8F2O3. The molecule has 2 aromatic rings. The molecule has 0 atom stereocenters. The van der Waals surface area contributed by atoms with Crippen molar-refractivity contribution >= 4 is 5.97 Å². The van der Waals surface area contributed by atoms with Gasteiger partial charge in [0.2, 0.25) is 0 Å². The third-order valence-electron chi connectivity index (χ3n) is 2.23. The summed E-state index contributed by atoms with van der Waals surface area (Å²) in [5, 5.41) is 8.92. The molecule has 0 heterocycles. The molecule has 3 nitrogen and oxygen atoms in total. The van der Waals surface area contributed by atoms with Crippen molar-refractivity contribution in [3.8, 4) is 11.5 Å². The minimum absolute atomic E-state index is 0.0468. The Morgan fingerprint density at radius 2 is 1.78 bits per heavy atom. The van der Waals surface area contributed by atoms with Crippen molar-refractivity contribution in [3.63, 3.8) is 0 Å². The first-order valence-electron chi connectivity index (χ1n) is 5.03. The van der Waals surface area contributed by atoms with Gasteiger partial charge in [-0.3, -0.25) is 0 Å². The lowest BCUT2D eigenvalue weighted by atomic mass is 10.2. The molecule has 0 saturated carbocycles. The van der Waals surface area contributed by atoms with Crippen LogP contribution in [0, 0.1) is 11.6 Å². The van der Waals surface area contributed by atoms with Crippen molar-refractivity contribution in [3.05, 3.63) is 59.7 Å². The van der Waals surface area contributed by atoms with Crippen LogP contribution in [0.1, 0.15) is 10.4 Å². The second-order valence-electron chi connectivity index (χ2n) is 3.48. The number of carbonyl (C=O) groups is 1.